The molecule has 0 fully saturated rings. The van der Waals surface area contributed by atoms with Gasteiger partial charge in [-0.1, -0.05) is 56.7 Å². The molecular weight excluding hydrogens is 244 g/mol. The smallest absolute Gasteiger partial charge is 0.0409 e. The van der Waals surface area contributed by atoms with Crippen molar-refractivity contribution in [2.24, 2.45) is 5.73 Å². The number of benzene rings is 1. The van der Waals surface area contributed by atoms with Crippen molar-refractivity contribution in [2.45, 2.75) is 65.3 Å². The number of aryl methyl sites for hydroxylation is 2. The van der Waals surface area contributed by atoms with E-state index in [2.05, 4.69) is 50.9 Å². The van der Waals surface area contributed by atoms with Crippen LogP contribution in [0.15, 0.2) is 18.2 Å². The van der Waals surface area contributed by atoms with E-state index < -0.39 is 0 Å². The summed E-state index contributed by atoms with van der Waals surface area (Å²) in [6.07, 6.45) is 7.86. The zero-order chi connectivity index (χ0) is 15.0. The fourth-order valence-corrected chi connectivity index (χ4v) is 2.85. The molecule has 1 atom stereocenters. The van der Waals surface area contributed by atoms with Gasteiger partial charge in [0.15, 0.2) is 0 Å². The number of hydrogen-bond donors (Lipinski definition) is 1. The van der Waals surface area contributed by atoms with Gasteiger partial charge in [0.1, 0.15) is 0 Å². The van der Waals surface area contributed by atoms with Gasteiger partial charge in [0.05, 0.1) is 0 Å². The number of nitrogens with two attached hydrogens (primary N) is 1. The van der Waals surface area contributed by atoms with Gasteiger partial charge in [-0.3, -0.25) is 0 Å². The highest BCUT2D eigenvalue weighted by molar-refractivity contribution is 5.54. The van der Waals surface area contributed by atoms with E-state index in [1.54, 1.807) is 0 Å². The second-order valence-corrected chi connectivity index (χ2v) is 5.99. The fraction of sp³-hybridized carbons (Fsp3) is 0.667. The van der Waals surface area contributed by atoms with E-state index in [9.17, 15) is 0 Å². The minimum atomic E-state index is 0.457. The largest absolute Gasteiger partial charge is 0.370 e. The van der Waals surface area contributed by atoms with Crippen molar-refractivity contribution in [1.82, 2.24) is 0 Å². The average Bonchev–Trinajstić information content (AvgIpc) is 2.42. The van der Waals surface area contributed by atoms with Gasteiger partial charge in [-0.25, -0.2) is 0 Å². The van der Waals surface area contributed by atoms with Crippen molar-refractivity contribution >= 4 is 5.69 Å². The topological polar surface area (TPSA) is 29.3 Å². The monoisotopic (exact) mass is 276 g/mol. The van der Waals surface area contributed by atoms with E-state index >= 15 is 0 Å². The first-order chi connectivity index (χ1) is 9.60. The molecule has 2 N–H and O–H groups in total. The number of likely N-dealkylation sites (N-methyl/N-ethyl adjacent to an activating group) is 1. The fourth-order valence-electron chi connectivity index (χ4n) is 2.85. The van der Waals surface area contributed by atoms with Gasteiger partial charge in [-0.15, -0.1) is 0 Å². The number of hydrogen-bond acceptors (Lipinski definition) is 2. The van der Waals surface area contributed by atoms with Crippen LogP contribution in [-0.2, 0) is 0 Å². The quantitative estimate of drug-likeness (QED) is 0.676. The van der Waals surface area contributed by atoms with Crippen molar-refractivity contribution in [2.75, 3.05) is 18.5 Å². The molecule has 1 unspecified atom stereocenters. The summed E-state index contributed by atoms with van der Waals surface area (Å²) >= 11 is 0. The summed E-state index contributed by atoms with van der Waals surface area (Å²) in [6.45, 7) is 7.33. The normalized spacial score (nSPS) is 12.4. The molecule has 114 valence electrons. The van der Waals surface area contributed by atoms with Crippen molar-refractivity contribution in [3.63, 3.8) is 0 Å². The zero-order valence-electron chi connectivity index (χ0n) is 13.8. The highest BCUT2D eigenvalue weighted by atomic mass is 15.1. The van der Waals surface area contributed by atoms with Crippen LogP contribution >= 0.6 is 0 Å². The Kier molecular flexibility index (Phi) is 7.68. The van der Waals surface area contributed by atoms with Crippen LogP contribution in [0.2, 0.25) is 0 Å². The molecule has 0 aromatic heterocycles. The first kappa shape index (κ1) is 17.0. The van der Waals surface area contributed by atoms with E-state index in [1.807, 2.05) is 0 Å². The summed E-state index contributed by atoms with van der Waals surface area (Å²) in [7, 11) is 2.18. The Morgan fingerprint density at radius 1 is 1.10 bits per heavy atom. The van der Waals surface area contributed by atoms with E-state index in [0.717, 1.165) is 6.54 Å². The van der Waals surface area contributed by atoms with Crippen LogP contribution in [0.25, 0.3) is 0 Å². The van der Waals surface area contributed by atoms with Crippen molar-refractivity contribution in [3.8, 4) is 0 Å². The summed E-state index contributed by atoms with van der Waals surface area (Å²) < 4.78 is 0. The van der Waals surface area contributed by atoms with Gasteiger partial charge in [0.2, 0.25) is 0 Å². The second-order valence-electron chi connectivity index (χ2n) is 5.99. The predicted octanol–water partition coefficient (Wildman–Crippen LogP) is 4.43. The highest BCUT2D eigenvalue weighted by Crippen LogP contribution is 2.23. The summed E-state index contributed by atoms with van der Waals surface area (Å²) in [5.41, 5.74) is 9.98. The summed E-state index contributed by atoms with van der Waals surface area (Å²) in [5.74, 6) is 0. The molecule has 1 aromatic rings. The molecule has 0 radical (unpaired) electrons. The number of anilines is 1. The SMILES string of the molecule is CCCCCCCC(CN)N(C)c1ccc(C)cc1C. The van der Waals surface area contributed by atoms with E-state index in [1.165, 1.54) is 55.3 Å². The molecule has 0 spiro atoms. The van der Waals surface area contributed by atoms with Crippen molar-refractivity contribution < 1.29 is 0 Å². The molecule has 20 heavy (non-hydrogen) atoms. The molecule has 0 amide bonds. The van der Waals surface area contributed by atoms with Gasteiger partial charge >= 0.3 is 0 Å². The Labute approximate surface area is 125 Å². The molecule has 1 rings (SSSR count). The molecule has 1 aromatic carbocycles. The molecular formula is C18H32N2. The Bertz CT molecular complexity index is 387. The third-order valence-corrected chi connectivity index (χ3v) is 4.19. The molecule has 0 aliphatic carbocycles. The number of unbranched alkanes of at least 4 members (excludes halogenated alkanes) is 4. The third-order valence-electron chi connectivity index (χ3n) is 4.19. The summed E-state index contributed by atoms with van der Waals surface area (Å²) in [5, 5.41) is 0. The second kappa shape index (κ2) is 9.02. The van der Waals surface area contributed by atoms with Gasteiger partial charge in [-0.2, -0.15) is 0 Å². The van der Waals surface area contributed by atoms with Crippen molar-refractivity contribution in [3.05, 3.63) is 29.3 Å². The lowest BCUT2D eigenvalue weighted by Crippen LogP contribution is -2.38. The van der Waals surface area contributed by atoms with Gasteiger partial charge in [0.25, 0.3) is 0 Å². The van der Waals surface area contributed by atoms with Crippen LogP contribution in [0.1, 0.15) is 56.6 Å². The van der Waals surface area contributed by atoms with Gasteiger partial charge in [0, 0.05) is 25.3 Å². The lowest BCUT2D eigenvalue weighted by atomic mass is 10.0. The Morgan fingerprint density at radius 2 is 1.80 bits per heavy atom. The standard InChI is InChI=1S/C18H32N2/c1-5-6-7-8-9-10-17(14-19)20(4)18-12-11-15(2)13-16(18)3/h11-13,17H,5-10,14,19H2,1-4H3. The predicted molar refractivity (Wildman–Crippen MR) is 90.5 cm³/mol. The molecule has 2 nitrogen and oxygen atoms in total. The average molecular weight is 276 g/mol. The van der Waals surface area contributed by atoms with Crippen LogP contribution in [0.4, 0.5) is 5.69 Å². The lowest BCUT2D eigenvalue weighted by Gasteiger charge is -2.30. The van der Waals surface area contributed by atoms with E-state index in [0.29, 0.717) is 6.04 Å². The molecule has 0 saturated carbocycles. The van der Waals surface area contributed by atoms with Crippen LogP contribution in [0, 0.1) is 13.8 Å². The Morgan fingerprint density at radius 3 is 2.40 bits per heavy atom. The van der Waals surface area contributed by atoms with Gasteiger partial charge < -0.3 is 10.6 Å². The van der Waals surface area contributed by atoms with Crippen LogP contribution in [-0.4, -0.2) is 19.6 Å². The number of nitrogens with zero attached hydrogens (tertiary/aromatic N) is 1. The summed E-state index contributed by atoms with van der Waals surface area (Å²) in [4.78, 5) is 2.37. The molecule has 0 aliphatic rings. The molecule has 0 bridgehead atoms. The minimum absolute atomic E-state index is 0.457. The van der Waals surface area contributed by atoms with Crippen LogP contribution in [0.3, 0.4) is 0 Å². The Hall–Kier alpha value is -1.02. The Balaban J connectivity index is 2.55. The van der Waals surface area contributed by atoms with Crippen LogP contribution in [0.5, 0.6) is 0 Å². The summed E-state index contributed by atoms with van der Waals surface area (Å²) in [6, 6.07) is 7.12. The lowest BCUT2D eigenvalue weighted by molar-refractivity contribution is 0.528. The molecule has 0 saturated heterocycles. The number of rotatable bonds is 9. The maximum atomic E-state index is 5.99. The highest BCUT2D eigenvalue weighted by Gasteiger charge is 2.14. The molecule has 0 heterocycles. The van der Waals surface area contributed by atoms with E-state index in [-0.39, 0.29) is 0 Å². The van der Waals surface area contributed by atoms with Crippen molar-refractivity contribution in [1.29, 1.82) is 0 Å². The van der Waals surface area contributed by atoms with Gasteiger partial charge in [-0.05, 0) is 31.9 Å². The maximum Gasteiger partial charge on any atom is 0.0409 e. The maximum absolute atomic E-state index is 5.99. The molecule has 2 heteroatoms. The zero-order valence-corrected chi connectivity index (χ0v) is 13.8. The molecule has 0 aliphatic heterocycles. The first-order valence-electron chi connectivity index (χ1n) is 8.10. The third kappa shape index (κ3) is 5.16. The minimum Gasteiger partial charge on any atom is -0.370 e. The van der Waals surface area contributed by atoms with Crippen LogP contribution < -0.4 is 10.6 Å². The van der Waals surface area contributed by atoms with E-state index in [4.69, 9.17) is 5.73 Å². The first-order valence-corrected chi connectivity index (χ1v) is 8.10.